The average molecular weight is 305 g/mol. The van der Waals surface area contributed by atoms with E-state index in [1.165, 1.54) is 25.0 Å². The van der Waals surface area contributed by atoms with Crippen LogP contribution in [0.15, 0.2) is 16.6 Å². The maximum absolute atomic E-state index is 13.7. The molecule has 1 unspecified atom stereocenters. The van der Waals surface area contributed by atoms with Gasteiger partial charge in [0, 0.05) is 10.0 Å². The maximum atomic E-state index is 13.7. The van der Waals surface area contributed by atoms with Crippen LogP contribution in [0.5, 0.6) is 0 Å². The first-order chi connectivity index (χ1) is 8.11. The second-order valence-electron chi connectivity index (χ2n) is 4.52. The number of nitrogens with two attached hydrogens (primary N) is 1. The van der Waals surface area contributed by atoms with Crippen molar-refractivity contribution in [1.29, 1.82) is 0 Å². The lowest BCUT2D eigenvalue weighted by Gasteiger charge is -2.17. The Morgan fingerprint density at radius 2 is 1.94 bits per heavy atom. The molecule has 0 aromatic heterocycles. The van der Waals surface area contributed by atoms with Gasteiger partial charge in [0.1, 0.15) is 11.6 Å². The number of nitrogens with one attached hydrogen (secondary N) is 1. The van der Waals surface area contributed by atoms with Crippen molar-refractivity contribution in [3.63, 3.8) is 0 Å². The number of hydrogen-bond donors (Lipinski definition) is 2. The highest BCUT2D eigenvalue weighted by Gasteiger charge is 2.25. The Kier molecular flexibility index (Phi) is 4.12. The molecule has 0 heterocycles. The molecule has 1 aromatic rings. The van der Waals surface area contributed by atoms with Crippen LogP contribution < -0.4 is 11.3 Å². The van der Waals surface area contributed by atoms with Gasteiger partial charge in [0.2, 0.25) is 0 Å². The van der Waals surface area contributed by atoms with Crippen LogP contribution in [0.3, 0.4) is 0 Å². The first-order valence-electron chi connectivity index (χ1n) is 5.72. The van der Waals surface area contributed by atoms with E-state index < -0.39 is 17.7 Å². The predicted molar refractivity (Wildman–Crippen MR) is 66.1 cm³/mol. The third-order valence-corrected chi connectivity index (χ3v) is 3.61. The number of rotatable bonds is 5. The van der Waals surface area contributed by atoms with E-state index in [0.29, 0.717) is 16.8 Å². The Balaban J connectivity index is 2.16. The van der Waals surface area contributed by atoms with Crippen LogP contribution >= 0.6 is 15.9 Å². The lowest BCUT2D eigenvalue weighted by atomic mass is 10.00. The SMILES string of the molecule is NNC(CCC1CC1)c1c(F)cc(Br)cc1F. The van der Waals surface area contributed by atoms with Crippen molar-refractivity contribution in [2.75, 3.05) is 0 Å². The minimum absolute atomic E-state index is 0.0383. The highest BCUT2D eigenvalue weighted by Crippen LogP contribution is 2.36. The second-order valence-corrected chi connectivity index (χ2v) is 5.44. The molecule has 1 atom stereocenters. The van der Waals surface area contributed by atoms with Gasteiger partial charge in [0.05, 0.1) is 6.04 Å². The Labute approximate surface area is 108 Å². The van der Waals surface area contributed by atoms with Gasteiger partial charge >= 0.3 is 0 Å². The predicted octanol–water partition coefficient (Wildman–Crippen LogP) is 3.42. The van der Waals surface area contributed by atoms with Gasteiger partial charge < -0.3 is 0 Å². The van der Waals surface area contributed by atoms with Gasteiger partial charge in [-0.1, -0.05) is 28.8 Å². The van der Waals surface area contributed by atoms with E-state index in [-0.39, 0.29) is 5.56 Å². The maximum Gasteiger partial charge on any atom is 0.132 e. The molecule has 1 saturated carbocycles. The Hall–Kier alpha value is -0.520. The molecule has 5 heteroatoms. The van der Waals surface area contributed by atoms with Crippen LogP contribution in [0.2, 0.25) is 0 Å². The average Bonchev–Trinajstić information content (AvgIpc) is 3.05. The first kappa shape index (κ1) is 12.9. The van der Waals surface area contributed by atoms with Gasteiger partial charge in [-0.3, -0.25) is 11.3 Å². The topological polar surface area (TPSA) is 38.0 Å². The smallest absolute Gasteiger partial charge is 0.132 e. The molecule has 3 N–H and O–H groups in total. The molecule has 0 amide bonds. The molecule has 1 aromatic carbocycles. The van der Waals surface area contributed by atoms with Crippen molar-refractivity contribution in [2.24, 2.45) is 11.8 Å². The first-order valence-corrected chi connectivity index (χ1v) is 6.51. The molecule has 0 spiro atoms. The van der Waals surface area contributed by atoms with E-state index in [1.807, 2.05) is 0 Å². The molecule has 1 aliphatic carbocycles. The number of hydrogen-bond acceptors (Lipinski definition) is 2. The summed E-state index contributed by atoms with van der Waals surface area (Å²) in [6, 6.07) is 2.07. The van der Waals surface area contributed by atoms with Crippen molar-refractivity contribution in [2.45, 2.75) is 31.7 Å². The summed E-state index contributed by atoms with van der Waals surface area (Å²) in [4.78, 5) is 0. The number of hydrazine groups is 1. The fourth-order valence-electron chi connectivity index (χ4n) is 2.01. The number of halogens is 3. The lowest BCUT2D eigenvalue weighted by Crippen LogP contribution is -2.29. The molecule has 2 rings (SSSR count). The van der Waals surface area contributed by atoms with Crippen LogP contribution in [0.25, 0.3) is 0 Å². The summed E-state index contributed by atoms with van der Waals surface area (Å²) in [5, 5.41) is 0. The molecule has 1 fully saturated rings. The summed E-state index contributed by atoms with van der Waals surface area (Å²) < 4.78 is 27.8. The summed E-state index contributed by atoms with van der Waals surface area (Å²) in [5.41, 5.74) is 2.55. The highest BCUT2D eigenvalue weighted by atomic mass is 79.9. The molecule has 0 saturated heterocycles. The third kappa shape index (κ3) is 3.24. The zero-order valence-corrected chi connectivity index (χ0v) is 10.9. The zero-order chi connectivity index (χ0) is 12.4. The van der Waals surface area contributed by atoms with Gasteiger partial charge in [0.15, 0.2) is 0 Å². The van der Waals surface area contributed by atoms with Crippen LogP contribution in [-0.4, -0.2) is 0 Å². The molecular formula is C12H15BrF2N2. The summed E-state index contributed by atoms with van der Waals surface area (Å²) in [5.74, 6) is 4.99. The van der Waals surface area contributed by atoms with Crippen molar-refractivity contribution in [3.8, 4) is 0 Å². The molecule has 0 aliphatic heterocycles. The van der Waals surface area contributed by atoms with Gasteiger partial charge in [-0.15, -0.1) is 0 Å². The second kappa shape index (κ2) is 5.42. The van der Waals surface area contributed by atoms with E-state index in [1.54, 1.807) is 0 Å². The van der Waals surface area contributed by atoms with E-state index >= 15 is 0 Å². The third-order valence-electron chi connectivity index (χ3n) is 3.15. The Bertz CT molecular complexity index is 384. The van der Waals surface area contributed by atoms with E-state index in [9.17, 15) is 8.78 Å². The molecule has 2 nitrogen and oxygen atoms in total. The molecule has 94 valence electrons. The quantitative estimate of drug-likeness (QED) is 0.646. The summed E-state index contributed by atoms with van der Waals surface area (Å²) >= 11 is 3.06. The van der Waals surface area contributed by atoms with Crippen molar-refractivity contribution in [3.05, 3.63) is 33.8 Å². The van der Waals surface area contributed by atoms with Crippen LogP contribution in [-0.2, 0) is 0 Å². The minimum Gasteiger partial charge on any atom is -0.271 e. The Morgan fingerprint density at radius 1 is 1.35 bits per heavy atom. The normalized spacial score (nSPS) is 17.2. The minimum atomic E-state index is -0.560. The van der Waals surface area contributed by atoms with Crippen molar-refractivity contribution in [1.82, 2.24) is 5.43 Å². The standard InChI is InChI=1S/C12H15BrF2N2/c13-8-5-9(14)12(10(15)6-8)11(17-16)4-3-7-1-2-7/h5-7,11,17H,1-4,16H2. The van der Waals surface area contributed by atoms with Gasteiger partial charge in [-0.2, -0.15) is 0 Å². The van der Waals surface area contributed by atoms with E-state index in [0.717, 1.165) is 6.42 Å². The fourth-order valence-corrected chi connectivity index (χ4v) is 2.41. The van der Waals surface area contributed by atoms with Gasteiger partial charge in [0.25, 0.3) is 0 Å². The van der Waals surface area contributed by atoms with Crippen LogP contribution in [0.4, 0.5) is 8.78 Å². The van der Waals surface area contributed by atoms with Crippen molar-refractivity contribution >= 4 is 15.9 Å². The van der Waals surface area contributed by atoms with Gasteiger partial charge in [-0.25, -0.2) is 8.78 Å². The van der Waals surface area contributed by atoms with E-state index in [4.69, 9.17) is 5.84 Å². The summed E-state index contributed by atoms with van der Waals surface area (Å²) in [6.45, 7) is 0. The largest absolute Gasteiger partial charge is 0.271 e. The molecule has 0 radical (unpaired) electrons. The summed E-state index contributed by atoms with van der Waals surface area (Å²) in [6.07, 6.45) is 4.08. The lowest BCUT2D eigenvalue weighted by molar-refractivity contribution is 0.435. The molecule has 0 bridgehead atoms. The number of benzene rings is 1. The van der Waals surface area contributed by atoms with Crippen molar-refractivity contribution < 1.29 is 8.78 Å². The van der Waals surface area contributed by atoms with E-state index in [2.05, 4.69) is 21.4 Å². The van der Waals surface area contributed by atoms with Gasteiger partial charge in [-0.05, 0) is 30.9 Å². The summed E-state index contributed by atoms with van der Waals surface area (Å²) in [7, 11) is 0. The van der Waals surface area contributed by atoms with Crippen LogP contribution in [0, 0.1) is 17.6 Å². The Morgan fingerprint density at radius 3 is 2.41 bits per heavy atom. The monoisotopic (exact) mass is 304 g/mol. The highest BCUT2D eigenvalue weighted by molar-refractivity contribution is 9.10. The molecule has 17 heavy (non-hydrogen) atoms. The molecule has 1 aliphatic rings. The van der Waals surface area contributed by atoms with Crippen LogP contribution in [0.1, 0.15) is 37.3 Å². The fraction of sp³-hybridized carbons (Fsp3) is 0.500. The zero-order valence-electron chi connectivity index (χ0n) is 9.35. The molecular weight excluding hydrogens is 290 g/mol.